The van der Waals surface area contributed by atoms with E-state index in [2.05, 4.69) is 6.07 Å². The van der Waals surface area contributed by atoms with Gasteiger partial charge in [-0.15, -0.1) is 0 Å². The number of hydrogen-bond donors (Lipinski definition) is 0. The molecule has 164 valence electrons. The number of hydrogen-bond acceptors (Lipinski definition) is 5. The van der Waals surface area contributed by atoms with Crippen LogP contribution in [-0.2, 0) is 11.4 Å². The summed E-state index contributed by atoms with van der Waals surface area (Å²) in [5.74, 6) is 0.202. The van der Waals surface area contributed by atoms with Gasteiger partial charge in [-0.05, 0) is 52.9 Å². The Balaban J connectivity index is 1.55. The molecule has 5 rings (SSSR count). The Labute approximate surface area is 200 Å². The van der Waals surface area contributed by atoms with Crippen LogP contribution in [0.15, 0.2) is 95.9 Å². The van der Waals surface area contributed by atoms with Crippen molar-refractivity contribution in [1.29, 1.82) is 5.26 Å². The van der Waals surface area contributed by atoms with Gasteiger partial charge in [0, 0.05) is 11.1 Å². The lowest BCUT2D eigenvalue weighted by Crippen LogP contribution is -2.27. The van der Waals surface area contributed by atoms with Gasteiger partial charge in [-0.1, -0.05) is 66.7 Å². The van der Waals surface area contributed by atoms with Crippen molar-refractivity contribution in [3.05, 3.63) is 113 Å². The number of nitriles is 1. The minimum absolute atomic E-state index is 0.203. The van der Waals surface area contributed by atoms with Crippen LogP contribution in [0.3, 0.4) is 0 Å². The van der Waals surface area contributed by atoms with Crippen molar-refractivity contribution in [2.24, 2.45) is 0 Å². The quantitative estimate of drug-likeness (QED) is 0.315. The first-order chi connectivity index (χ1) is 16.7. The van der Waals surface area contributed by atoms with E-state index in [9.17, 15) is 14.9 Å². The molecule has 0 saturated carbocycles. The third-order valence-corrected chi connectivity index (χ3v) is 6.40. The Kier molecular flexibility index (Phi) is 5.86. The molecule has 0 radical (unpaired) electrons. The number of rotatable bonds is 5. The summed E-state index contributed by atoms with van der Waals surface area (Å²) in [6.07, 6.45) is 1.72. The highest BCUT2D eigenvalue weighted by molar-refractivity contribution is 8.19. The highest BCUT2D eigenvalue weighted by Crippen LogP contribution is 2.38. The van der Waals surface area contributed by atoms with Crippen molar-refractivity contribution >= 4 is 45.4 Å². The van der Waals surface area contributed by atoms with Crippen molar-refractivity contribution in [3.8, 4) is 11.8 Å². The highest BCUT2D eigenvalue weighted by Gasteiger charge is 2.36. The fourth-order valence-electron chi connectivity index (χ4n) is 3.86. The predicted molar refractivity (Wildman–Crippen MR) is 134 cm³/mol. The van der Waals surface area contributed by atoms with Gasteiger partial charge in [0.05, 0.1) is 22.2 Å². The average molecular weight is 463 g/mol. The van der Waals surface area contributed by atoms with Gasteiger partial charge >= 0.3 is 0 Å². The summed E-state index contributed by atoms with van der Waals surface area (Å²) in [5.41, 5.74) is 2.57. The molecule has 0 bridgehead atoms. The van der Waals surface area contributed by atoms with Crippen LogP contribution in [-0.4, -0.2) is 11.1 Å². The van der Waals surface area contributed by atoms with E-state index >= 15 is 0 Å². The Morgan fingerprint density at radius 3 is 2.44 bits per heavy atom. The standard InChI is InChI=1S/C28H18N2O3S/c29-17-20-9-4-5-10-21(20)18-33-25-15-14-19-8-6-7-13-23(19)24(25)16-26-27(31)30(28(32)34-26)22-11-2-1-3-12-22/h1-16H,18H2/b26-16+. The van der Waals surface area contributed by atoms with Crippen LogP contribution in [0.4, 0.5) is 10.5 Å². The van der Waals surface area contributed by atoms with Crippen molar-refractivity contribution in [2.75, 3.05) is 4.90 Å². The van der Waals surface area contributed by atoms with E-state index in [1.54, 1.807) is 36.4 Å². The zero-order chi connectivity index (χ0) is 23.5. The first-order valence-electron chi connectivity index (χ1n) is 10.6. The number of benzene rings is 4. The summed E-state index contributed by atoms with van der Waals surface area (Å²) in [6, 6.07) is 30.0. The molecule has 0 spiro atoms. The first kappa shape index (κ1) is 21.5. The van der Waals surface area contributed by atoms with Crippen LogP contribution in [0.25, 0.3) is 16.8 Å². The molecule has 34 heavy (non-hydrogen) atoms. The largest absolute Gasteiger partial charge is 0.488 e. The van der Waals surface area contributed by atoms with Crippen LogP contribution >= 0.6 is 11.8 Å². The molecule has 5 nitrogen and oxygen atoms in total. The molecule has 4 aromatic rings. The van der Waals surface area contributed by atoms with E-state index in [1.807, 2.05) is 60.7 Å². The number of carbonyl (C=O) groups is 2. The molecule has 0 atom stereocenters. The van der Waals surface area contributed by atoms with Crippen LogP contribution in [0, 0.1) is 11.3 Å². The fraction of sp³-hybridized carbons (Fsp3) is 0.0357. The third-order valence-electron chi connectivity index (χ3n) is 5.54. The number of fused-ring (bicyclic) bond motifs is 1. The zero-order valence-corrected chi connectivity index (χ0v) is 18.8. The van der Waals surface area contributed by atoms with E-state index in [4.69, 9.17) is 4.74 Å². The van der Waals surface area contributed by atoms with Gasteiger partial charge in [0.15, 0.2) is 0 Å². The maximum Gasteiger partial charge on any atom is 0.298 e. The molecule has 1 aliphatic heterocycles. The number of thioether (sulfide) groups is 1. The van der Waals surface area contributed by atoms with Crippen molar-refractivity contribution < 1.29 is 14.3 Å². The second-order valence-electron chi connectivity index (χ2n) is 7.61. The van der Waals surface area contributed by atoms with Gasteiger partial charge in [-0.2, -0.15) is 5.26 Å². The molecule has 1 heterocycles. The number of carbonyl (C=O) groups excluding carboxylic acids is 2. The highest BCUT2D eigenvalue weighted by atomic mass is 32.2. The van der Waals surface area contributed by atoms with Gasteiger partial charge in [0.25, 0.3) is 11.1 Å². The summed E-state index contributed by atoms with van der Waals surface area (Å²) in [7, 11) is 0. The number of nitrogens with zero attached hydrogens (tertiary/aromatic N) is 2. The molecular formula is C28H18N2O3S. The van der Waals surface area contributed by atoms with E-state index in [1.165, 1.54) is 4.90 Å². The summed E-state index contributed by atoms with van der Waals surface area (Å²) in [5, 5.41) is 10.9. The Bertz CT molecular complexity index is 1490. The fourth-order valence-corrected chi connectivity index (χ4v) is 4.68. The average Bonchev–Trinajstić information content (AvgIpc) is 3.16. The maximum absolute atomic E-state index is 13.2. The van der Waals surface area contributed by atoms with Crippen molar-refractivity contribution in [3.63, 3.8) is 0 Å². The first-order valence-corrected chi connectivity index (χ1v) is 11.4. The number of ether oxygens (including phenoxy) is 1. The summed E-state index contributed by atoms with van der Waals surface area (Å²) in [6.45, 7) is 0.203. The predicted octanol–water partition coefficient (Wildman–Crippen LogP) is 6.53. The molecule has 0 aromatic heterocycles. The minimum Gasteiger partial charge on any atom is -0.488 e. The smallest absolute Gasteiger partial charge is 0.298 e. The molecular weight excluding hydrogens is 444 g/mol. The van der Waals surface area contributed by atoms with Gasteiger partial charge in [0.1, 0.15) is 12.4 Å². The van der Waals surface area contributed by atoms with Gasteiger partial charge in [0.2, 0.25) is 0 Å². The van der Waals surface area contributed by atoms with Gasteiger partial charge < -0.3 is 4.74 Å². The number of para-hydroxylation sites is 1. The molecule has 1 fully saturated rings. The maximum atomic E-state index is 13.2. The topological polar surface area (TPSA) is 70.4 Å². The molecule has 0 unspecified atom stereocenters. The van der Waals surface area contributed by atoms with Gasteiger partial charge in [-0.25, -0.2) is 4.90 Å². The van der Waals surface area contributed by atoms with Crippen LogP contribution in [0.1, 0.15) is 16.7 Å². The summed E-state index contributed by atoms with van der Waals surface area (Å²) >= 11 is 0.909. The molecule has 1 saturated heterocycles. The summed E-state index contributed by atoms with van der Waals surface area (Å²) in [4.78, 5) is 27.4. The second-order valence-corrected chi connectivity index (χ2v) is 8.60. The van der Waals surface area contributed by atoms with E-state index in [0.29, 0.717) is 27.5 Å². The molecule has 2 amide bonds. The molecule has 6 heteroatoms. The SMILES string of the molecule is N#Cc1ccccc1COc1ccc2ccccc2c1/C=C1/SC(=O)N(c2ccccc2)C1=O. The lowest BCUT2D eigenvalue weighted by atomic mass is 10.0. The summed E-state index contributed by atoms with van der Waals surface area (Å²) < 4.78 is 6.14. The van der Waals surface area contributed by atoms with Crippen LogP contribution < -0.4 is 9.64 Å². The zero-order valence-electron chi connectivity index (χ0n) is 18.0. The normalized spacial score (nSPS) is 14.6. The van der Waals surface area contributed by atoms with E-state index < -0.39 is 0 Å². The Morgan fingerprint density at radius 2 is 1.62 bits per heavy atom. The molecule has 0 aliphatic carbocycles. The van der Waals surface area contributed by atoms with Gasteiger partial charge in [-0.3, -0.25) is 9.59 Å². The lowest BCUT2D eigenvalue weighted by molar-refractivity contribution is -0.113. The minimum atomic E-state index is -0.366. The van der Waals surface area contributed by atoms with Crippen molar-refractivity contribution in [1.82, 2.24) is 0 Å². The monoisotopic (exact) mass is 462 g/mol. The second kappa shape index (κ2) is 9.26. The number of imide groups is 1. The molecule has 4 aromatic carbocycles. The Hall–Kier alpha value is -4.34. The molecule has 0 N–H and O–H groups in total. The third kappa shape index (κ3) is 4.05. The van der Waals surface area contributed by atoms with Crippen LogP contribution in [0.2, 0.25) is 0 Å². The van der Waals surface area contributed by atoms with E-state index in [-0.39, 0.29) is 17.8 Å². The van der Waals surface area contributed by atoms with E-state index in [0.717, 1.165) is 28.1 Å². The van der Waals surface area contributed by atoms with Crippen molar-refractivity contribution in [2.45, 2.75) is 6.61 Å². The van der Waals surface area contributed by atoms with Crippen LogP contribution in [0.5, 0.6) is 5.75 Å². The number of amides is 2. The number of anilines is 1. The lowest BCUT2D eigenvalue weighted by Gasteiger charge is -2.14. The molecule has 1 aliphatic rings. The Morgan fingerprint density at radius 1 is 0.882 bits per heavy atom.